The number of para-hydroxylation sites is 1. The first-order valence-electron chi connectivity index (χ1n) is 20.2. The van der Waals surface area contributed by atoms with Crippen LogP contribution < -0.4 is 0 Å². The van der Waals surface area contributed by atoms with Crippen molar-refractivity contribution >= 4 is 43.5 Å². The van der Waals surface area contributed by atoms with Crippen LogP contribution in [0.25, 0.3) is 88.2 Å². The highest BCUT2D eigenvalue weighted by Crippen LogP contribution is 2.57. The van der Waals surface area contributed by atoms with E-state index >= 15 is 0 Å². The zero-order chi connectivity index (χ0) is 38.9. The molecule has 3 nitrogen and oxygen atoms in total. The minimum Gasteiger partial charge on any atom is -0.254 e. The van der Waals surface area contributed by atoms with Gasteiger partial charge in [0.2, 0.25) is 0 Å². The van der Waals surface area contributed by atoms with Crippen LogP contribution in [-0.4, -0.2) is 15.0 Å². The number of pyridine rings is 3. The molecule has 12 rings (SSSR count). The zero-order valence-corrected chi connectivity index (χ0v) is 32.0. The third-order valence-corrected chi connectivity index (χ3v) is 12.4. The zero-order valence-electron chi connectivity index (χ0n) is 32.0. The highest BCUT2D eigenvalue weighted by atomic mass is 14.8. The fraction of sp³-hybridized carbons (Fsp3) is 0.0179. The molecule has 3 aromatic heterocycles. The SMILES string of the molecule is c1ccc(C2(c3ccccc3)c3ccccc3-c3cc4c(cc32)c(-c2ccc(-c3ccc(-c5ccc6ccc7cccnc7c6n5)cc3)cc2)nc2ccccc24)cc1. The van der Waals surface area contributed by atoms with Crippen molar-refractivity contribution in [3.05, 3.63) is 235 Å². The summed E-state index contributed by atoms with van der Waals surface area (Å²) in [4.78, 5) is 15.1. The van der Waals surface area contributed by atoms with Crippen molar-refractivity contribution in [1.82, 2.24) is 15.0 Å². The summed E-state index contributed by atoms with van der Waals surface area (Å²) >= 11 is 0. The van der Waals surface area contributed by atoms with E-state index in [0.29, 0.717) is 0 Å². The van der Waals surface area contributed by atoms with Crippen molar-refractivity contribution in [2.24, 2.45) is 0 Å². The summed E-state index contributed by atoms with van der Waals surface area (Å²) < 4.78 is 0. The van der Waals surface area contributed by atoms with E-state index in [-0.39, 0.29) is 0 Å². The number of fused-ring (bicyclic) bond motifs is 9. The monoisotopic (exact) mass is 749 g/mol. The van der Waals surface area contributed by atoms with E-state index in [2.05, 4.69) is 205 Å². The molecule has 3 heterocycles. The minimum atomic E-state index is -0.491. The summed E-state index contributed by atoms with van der Waals surface area (Å²) in [7, 11) is 0. The van der Waals surface area contributed by atoms with Crippen molar-refractivity contribution in [2.75, 3.05) is 0 Å². The van der Waals surface area contributed by atoms with E-state index in [1.807, 2.05) is 12.3 Å². The predicted molar refractivity (Wildman–Crippen MR) is 243 cm³/mol. The first kappa shape index (κ1) is 33.4. The number of rotatable bonds is 5. The summed E-state index contributed by atoms with van der Waals surface area (Å²) in [6, 6.07) is 74.5. The lowest BCUT2D eigenvalue weighted by atomic mass is 9.67. The molecule has 0 unspecified atom stereocenters. The van der Waals surface area contributed by atoms with E-state index in [0.717, 1.165) is 71.7 Å². The van der Waals surface area contributed by atoms with Gasteiger partial charge >= 0.3 is 0 Å². The molecule has 11 aromatic rings. The van der Waals surface area contributed by atoms with Crippen molar-refractivity contribution < 1.29 is 0 Å². The van der Waals surface area contributed by atoms with Crippen LogP contribution in [0, 0.1) is 0 Å². The average Bonchev–Trinajstić information content (AvgIpc) is 3.61. The Bertz CT molecular complexity index is 3370. The van der Waals surface area contributed by atoms with Crippen molar-refractivity contribution in [1.29, 1.82) is 0 Å². The van der Waals surface area contributed by atoms with Crippen LogP contribution in [0.5, 0.6) is 0 Å². The summed E-state index contributed by atoms with van der Waals surface area (Å²) in [5.74, 6) is 0. The Balaban J connectivity index is 0.989. The molecule has 0 fully saturated rings. The Kier molecular flexibility index (Phi) is 7.45. The van der Waals surface area contributed by atoms with Crippen LogP contribution in [0.15, 0.2) is 212 Å². The lowest BCUT2D eigenvalue weighted by Gasteiger charge is -2.34. The van der Waals surface area contributed by atoms with Gasteiger partial charge in [-0.3, -0.25) is 4.98 Å². The summed E-state index contributed by atoms with van der Waals surface area (Å²) in [6.07, 6.45) is 1.84. The molecule has 0 spiro atoms. The van der Waals surface area contributed by atoms with Crippen molar-refractivity contribution in [3.63, 3.8) is 0 Å². The Morgan fingerprint density at radius 3 is 1.71 bits per heavy atom. The molecule has 274 valence electrons. The second kappa shape index (κ2) is 13.2. The molecule has 0 radical (unpaired) electrons. The number of hydrogen-bond acceptors (Lipinski definition) is 3. The van der Waals surface area contributed by atoms with Crippen molar-refractivity contribution in [2.45, 2.75) is 5.41 Å². The van der Waals surface area contributed by atoms with E-state index in [9.17, 15) is 0 Å². The number of aromatic nitrogens is 3. The van der Waals surface area contributed by atoms with Gasteiger partial charge in [-0.05, 0) is 80.2 Å². The van der Waals surface area contributed by atoms with Gasteiger partial charge in [0.25, 0.3) is 0 Å². The van der Waals surface area contributed by atoms with Gasteiger partial charge in [0.15, 0.2) is 0 Å². The van der Waals surface area contributed by atoms with Crippen LogP contribution >= 0.6 is 0 Å². The van der Waals surface area contributed by atoms with Gasteiger partial charge in [0.05, 0.1) is 33.4 Å². The molecule has 3 heteroatoms. The average molecular weight is 750 g/mol. The van der Waals surface area contributed by atoms with Crippen LogP contribution in [0.1, 0.15) is 22.3 Å². The molecule has 0 atom stereocenters. The summed E-state index contributed by atoms with van der Waals surface area (Å²) in [6.45, 7) is 0. The Labute approximate surface area is 342 Å². The molecule has 0 N–H and O–H groups in total. The van der Waals surface area contributed by atoms with Gasteiger partial charge in [0, 0.05) is 38.9 Å². The van der Waals surface area contributed by atoms with Crippen molar-refractivity contribution in [3.8, 4) is 44.8 Å². The van der Waals surface area contributed by atoms with Crippen LogP contribution in [0.3, 0.4) is 0 Å². The Morgan fingerprint density at radius 2 is 0.966 bits per heavy atom. The van der Waals surface area contributed by atoms with Crippen LogP contribution in [-0.2, 0) is 5.41 Å². The molecular formula is C56H35N3. The number of hydrogen-bond donors (Lipinski definition) is 0. The predicted octanol–water partition coefficient (Wildman–Crippen LogP) is 13.8. The van der Waals surface area contributed by atoms with E-state index in [1.165, 1.54) is 38.8 Å². The maximum atomic E-state index is 5.42. The second-order valence-electron chi connectivity index (χ2n) is 15.5. The first-order valence-corrected chi connectivity index (χ1v) is 20.2. The number of nitrogens with zero attached hydrogens (tertiary/aromatic N) is 3. The second-order valence-corrected chi connectivity index (χ2v) is 15.5. The molecule has 0 aliphatic heterocycles. The molecule has 0 saturated heterocycles. The molecule has 59 heavy (non-hydrogen) atoms. The van der Waals surface area contributed by atoms with Gasteiger partial charge in [-0.15, -0.1) is 0 Å². The molecule has 0 saturated carbocycles. The third kappa shape index (κ3) is 5.11. The molecule has 1 aliphatic carbocycles. The Morgan fingerprint density at radius 1 is 0.356 bits per heavy atom. The molecular weight excluding hydrogens is 715 g/mol. The topological polar surface area (TPSA) is 38.7 Å². The van der Waals surface area contributed by atoms with E-state index in [1.54, 1.807) is 0 Å². The van der Waals surface area contributed by atoms with Gasteiger partial charge in [-0.2, -0.15) is 0 Å². The van der Waals surface area contributed by atoms with Crippen LogP contribution in [0.4, 0.5) is 0 Å². The maximum absolute atomic E-state index is 5.42. The lowest BCUT2D eigenvalue weighted by Crippen LogP contribution is -2.28. The van der Waals surface area contributed by atoms with E-state index in [4.69, 9.17) is 9.97 Å². The molecule has 8 aromatic carbocycles. The summed E-state index contributed by atoms with van der Waals surface area (Å²) in [5.41, 5.74) is 16.4. The highest BCUT2D eigenvalue weighted by molar-refractivity contribution is 6.13. The molecule has 0 bridgehead atoms. The Hall–Kier alpha value is -7.75. The normalized spacial score (nSPS) is 12.9. The maximum Gasteiger partial charge on any atom is 0.0972 e. The quantitative estimate of drug-likeness (QED) is 0.165. The van der Waals surface area contributed by atoms with Gasteiger partial charge in [-0.25, -0.2) is 9.97 Å². The van der Waals surface area contributed by atoms with E-state index < -0.39 is 5.41 Å². The van der Waals surface area contributed by atoms with Gasteiger partial charge in [-0.1, -0.05) is 176 Å². The smallest absolute Gasteiger partial charge is 0.0972 e. The fourth-order valence-corrected chi connectivity index (χ4v) is 9.64. The number of benzene rings is 8. The molecule has 1 aliphatic rings. The van der Waals surface area contributed by atoms with Crippen LogP contribution in [0.2, 0.25) is 0 Å². The lowest BCUT2D eigenvalue weighted by molar-refractivity contribution is 0.769. The molecule has 0 amide bonds. The van der Waals surface area contributed by atoms with Gasteiger partial charge in [0.1, 0.15) is 0 Å². The highest BCUT2D eigenvalue weighted by Gasteiger charge is 2.46. The largest absolute Gasteiger partial charge is 0.254 e. The third-order valence-electron chi connectivity index (χ3n) is 12.4. The standard InChI is InChI=1S/C56H35N3/c1-3-13-42(14-4-1)56(43-15-5-2-6-16-43)49-19-9-7-17-44(49)47-34-46-45-18-8-10-20-52(45)59-53(48(46)35-50(47)56)40-27-23-37(24-28-40)36-21-25-38(26-22-36)51-32-31-41-30-29-39-12-11-33-57-54(39)55(41)58-51/h1-35H. The first-order chi connectivity index (χ1) is 29.2. The fourth-order valence-electron chi connectivity index (χ4n) is 9.64. The summed E-state index contributed by atoms with van der Waals surface area (Å²) in [5, 5.41) is 5.70. The minimum absolute atomic E-state index is 0.491. The van der Waals surface area contributed by atoms with Gasteiger partial charge < -0.3 is 0 Å².